The number of aliphatic hydroxyl groups excluding tert-OH is 1. The Hall–Kier alpha value is -0.640. The van der Waals surface area contributed by atoms with Crippen LogP contribution < -0.4 is 5.32 Å². The van der Waals surface area contributed by atoms with Crippen molar-refractivity contribution >= 4 is 5.91 Å². The van der Waals surface area contributed by atoms with Crippen LogP contribution in [-0.4, -0.2) is 29.3 Å². The molecule has 0 aromatic rings. The summed E-state index contributed by atoms with van der Waals surface area (Å²) in [6.07, 6.45) is 0. The minimum Gasteiger partial charge on any atom is -0.394 e. The lowest BCUT2D eigenvalue weighted by Gasteiger charge is -2.17. The van der Waals surface area contributed by atoms with E-state index in [0.717, 1.165) is 0 Å². The smallest absolute Gasteiger partial charge is 0.258 e. The van der Waals surface area contributed by atoms with Gasteiger partial charge in [0.15, 0.2) is 5.67 Å². The molecule has 0 aromatic carbocycles. The van der Waals surface area contributed by atoms with Gasteiger partial charge in [-0.25, -0.2) is 4.39 Å². The van der Waals surface area contributed by atoms with Crippen LogP contribution in [-0.2, 0) is 4.79 Å². The van der Waals surface area contributed by atoms with E-state index in [4.69, 9.17) is 5.11 Å². The second-order valence-corrected chi connectivity index (χ2v) is 3.13. The first kappa shape index (κ1) is 8.46. The quantitative estimate of drug-likeness (QED) is 0.561. The number of nitrogens with one attached hydrogen (secondary N) is 1. The average Bonchev–Trinajstić information content (AvgIpc) is 2.14. The molecule has 0 bridgehead atoms. The third-order valence-electron chi connectivity index (χ3n) is 2.42. The van der Waals surface area contributed by atoms with Crippen molar-refractivity contribution in [2.45, 2.75) is 25.6 Å². The van der Waals surface area contributed by atoms with Gasteiger partial charge in [0.2, 0.25) is 0 Å². The average molecular weight is 161 g/mol. The molecular weight excluding hydrogens is 149 g/mol. The Labute approximate surface area is 64.6 Å². The summed E-state index contributed by atoms with van der Waals surface area (Å²) in [6, 6.07) is -0.433. The molecule has 1 rings (SSSR count). The maximum Gasteiger partial charge on any atom is 0.258 e. The fourth-order valence-electron chi connectivity index (χ4n) is 1.22. The molecule has 3 unspecified atom stereocenters. The van der Waals surface area contributed by atoms with Gasteiger partial charge in [-0.05, 0) is 6.92 Å². The fourth-order valence-corrected chi connectivity index (χ4v) is 1.22. The van der Waals surface area contributed by atoms with E-state index in [1.54, 1.807) is 6.92 Å². The minimum absolute atomic E-state index is 0.202. The normalized spacial score (nSPS) is 44.2. The summed E-state index contributed by atoms with van der Waals surface area (Å²) in [6.45, 7) is 2.65. The molecule has 1 fully saturated rings. The number of aliphatic hydroxyl groups is 1. The Morgan fingerprint density at radius 2 is 2.36 bits per heavy atom. The highest BCUT2D eigenvalue weighted by atomic mass is 19.1. The highest BCUT2D eigenvalue weighted by Gasteiger charge is 2.49. The molecule has 1 aliphatic rings. The predicted molar refractivity (Wildman–Crippen MR) is 37.7 cm³/mol. The molecule has 4 heteroatoms. The maximum atomic E-state index is 13.3. The van der Waals surface area contributed by atoms with Crippen molar-refractivity contribution in [3.8, 4) is 0 Å². The lowest BCUT2D eigenvalue weighted by molar-refractivity contribution is -0.129. The van der Waals surface area contributed by atoms with E-state index in [9.17, 15) is 9.18 Å². The zero-order chi connectivity index (χ0) is 8.65. The molecule has 0 aromatic heterocycles. The van der Waals surface area contributed by atoms with Crippen molar-refractivity contribution in [3.63, 3.8) is 0 Å². The van der Waals surface area contributed by atoms with Crippen molar-refractivity contribution < 1.29 is 14.3 Å². The van der Waals surface area contributed by atoms with E-state index in [1.807, 2.05) is 0 Å². The molecule has 0 radical (unpaired) electrons. The molecule has 1 aliphatic heterocycles. The van der Waals surface area contributed by atoms with E-state index in [1.165, 1.54) is 6.92 Å². The zero-order valence-corrected chi connectivity index (χ0v) is 6.60. The van der Waals surface area contributed by atoms with Crippen LogP contribution in [0.1, 0.15) is 13.8 Å². The van der Waals surface area contributed by atoms with Gasteiger partial charge in [-0.3, -0.25) is 4.79 Å². The van der Waals surface area contributed by atoms with Crippen molar-refractivity contribution in [2.75, 3.05) is 6.61 Å². The number of amides is 1. The van der Waals surface area contributed by atoms with E-state index in [-0.39, 0.29) is 6.61 Å². The highest BCUT2D eigenvalue weighted by Crippen LogP contribution is 2.30. The highest BCUT2D eigenvalue weighted by molar-refractivity contribution is 5.87. The summed E-state index contributed by atoms with van der Waals surface area (Å²) in [7, 11) is 0. The Morgan fingerprint density at radius 3 is 2.55 bits per heavy atom. The van der Waals surface area contributed by atoms with Crippen molar-refractivity contribution in [2.24, 2.45) is 5.92 Å². The van der Waals surface area contributed by atoms with Gasteiger partial charge >= 0.3 is 0 Å². The van der Waals surface area contributed by atoms with Gasteiger partial charge in [0.05, 0.1) is 12.6 Å². The topological polar surface area (TPSA) is 49.3 Å². The van der Waals surface area contributed by atoms with Gasteiger partial charge in [0.1, 0.15) is 0 Å². The molecular formula is C7H12FNO2. The summed E-state index contributed by atoms with van der Waals surface area (Å²) in [5.74, 6) is -1.08. The number of carbonyl (C=O) groups excluding carboxylic acids is 1. The second kappa shape index (κ2) is 2.44. The van der Waals surface area contributed by atoms with E-state index >= 15 is 0 Å². The molecule has 2 N–H and O–H groups in total. The van der Waals surface area contributed by atoms with Crippen LogP contribution in [0.4, 0.5) is 4.39 Å². The summed E-state index contributed by atoms with van der Waals surface area (Å²) in [5, 5.41) is 11.1. The lowest BCUT2D eigenvalue weighted by Crippen LogP contribution is -2.33. The van der Waals surface area contributed by atoms with E-state index < -0.39 is 23.5 Å². The fraction of sp³-hybridized carbons (Fsp3) is 0.857. The molecule has 64 valence electrons. The summed E-state index contributed by atoms with van der Waals surface area (Å²) < 4.78 is 13.3. The summed E-state index contributed by atoms with van der Waals surface area (Å²) in [4.78, 5) is 10.9. The molecule has 1 saturated heterocycles. The first-order valence-electron chi connectivity index (χ1n) is 3.61. The monoisotopic (exact) mass is 161 g/mol. The zero-order valence-electron chi connectivity index (χ0n) is 6.60. The molecule has 1 heterocycles. The number of hydrogen-bond donors (Lipinski definition) is 2. The van der Waals surface area contributed by atoms with Gasteiger partial charge in [-0.1, -0.05) is 6.92 Å². The second-order valence-electron chi connectivity index (χ2n) is 3.13. The molecule has 11 heavy (non-hydrogen) atoms. The SMILES string of the molecule is CC1C(CO)NC(=O)C1(C)F. The van der Waals surface area contributed by atoms with Crippen LogP contribution in [0.15, 0.2) is 0 Å². The third-order valence-corrected chi connectivity index (χ3v) is 2.42. The first-order valence-corrected chi connectivity index (χ1v) is 3.61. The minimum atomic E-state index is -1.83. The Balaban J connectivity index is 2.80. The number of halogens is 1. The Kier molecular flexibility index (Phi) is 1.88. The van der Waals surface area contributed by atoms with Crippen molar-refractivity contribution in [3.05, 3.63) is 0 Å². The Morgan fingerprint density at radius 1 is 1.82 bits per heavy atom. The molecule has 0 saturated carbocycles. The van der Waals surface area contributed by atoms with E-state index in [0.29, 0.717) is 0 Å². The molecule has 3 atom stereocenters. The van der Waals surface area contributed by atoms with Crippen LogP contribution in [0.3, 0.4) is 0 Å². The van der Waals surface area contributed by atoms with Crippen molar-refractivity contribution in [1.29, 1.82) is 0 Å². The number of rotatable bonds is 1. The molecule has 0 spiro atoms. The van der Waals surface area contributed by atoms with Gasteiger partial charge in [-0.15, -0.1) is 0 Å². The first-order chi connectivity index (χ1) is 5.00. The van der Waals surface area contributed by atoms with Crippen LogP contribution in [0.2, 0.25) is 0 Å². The van der Waals surface area contributed by atoms with Crippen LogP contribution in [0, 0.1) is 5.92 Å². The largest absolute Gasteiger partial charge is 0.394 e. The van der Waals surface area contributed by atoms with Gasteiger partial charge in [0.25, 0.3) is 5.91 Å². The summed E-state index contributed by atoms with van der Waals surface area (Å²) >= 11 is 0. The molecule has 0 aliphatic carbocycles. The van der Waals surface area contributed by atoms with Crippen LogP contribution in [0.5, 0.6) is 0 Å². The van der Waals surface area contributed by atoms with Gasteiger partial charge in [-0.2, -0.15) is 0 Å². The maximum absolute atomic E-state index is 13.3. The molecule has 1 amide bonds. The number of alkyl halides is 1. The number of carbonyl (C=O) groups is 1. The standard InChI is InChI=1S/C7H12FNO2/c1-4-5(3-10)9-6(11)7(4,2)8/h4-5,10H,3H2,1-2H3,(H,9,11). The van der Waals surface area contributed by atoms with Gasteiger partial charge < -0.3 is 10.4 Å². The van der Waals surface area contributed by atoms with Gasteiger partial charge in [0, 0.05) is 5.92 Å². The Bertz CT molecular complexity index is 181. The third kappa shape index (κ3) is 1.11. The molecule has 3 nitrogen and oxygen atoms in total. The van der Waals surface area contributed by atoms with E-state index in [2.05, 4.69) is 5.32 Å². The van der Waals surface area contributed by atoms with Crippen LogP contribution >= 0.6 is 0 Å². The number of hydrogen-bond acceptors (Lipinski definition) is 2. The van der Waals surface area contributed by atoms with Crippen molar-refractivity contribution in [1.82, 2.24) is 5.32 Å². The summed E-state index contributed by atoms with van der Waals surface area (Å²) in [5.41, 5.74) is -1.83. The van der Waals surface area contributed by atoms with Crippen LogP contribution in [0.25, 0.3) is 0 Å². The lowest BCUT2D eigenvalue weighted by atomic mass is 9.91. The predicted octanol–water partition coefficient (Wildman–Crippen LogP) is -0.159.